The van der Waals surface area contributed by atoms with E-state index in [-0.39, 0.29) is 6.61 Å². The SMILES string of the molecule is CCOC(=O)c1cnn(C2CCCN(C3=C(c4ccccc4)C=CC(Cl)(N4CCN(CCC#N)CC4)C3)C2)c1C(F)(F)F. The average Bonchev–Trinajstić information content (AvgIpc) is 3.48. The van der Waals surface area contributed by atoms with Gasteiger partial charge in [-0.15, -0.1) is 0 Å². The third-order valence-electron chi connectivity index (χ3n) is 8.44. The van der Waals surface area contributed by atoms with Crippen LogP contribution in [0.4, 0.5) is 13.2 Å². The van der Waals surface area contributed by atoms with Gasteiger partial charge in [0.05, 0.1) is 24.9 Å². The fourth-order valence-electron chi connectivity index (χ4n) is 6.31. The van der Waals surface area contributed by atoms with Gasteiger partial charge < -0.3 is 9.64 Å². The molecule has 2 saturated heterocycles. The minimum atomic E-state index is -4.77. The van der Waals surface area contributed by atoms with Crippen molar-refractivity contribution in [2.75, 3.05) is 52.4 Å². The number of alkyl halides is 4. The number of carbonyl (C=O) groups is 1. The number of ether oxygens (including phenoxy) is 1. The highest BCUT2D eigenvalue weighted by molar-refractivity contribution is 6.25. The largest absolute Gasteiger partial charge is 0.462 e. The summed E-state index contributed by atoms with van der Waals surface area (Å²) in [5.41, 5.74) is 1.35. The van der Waals surface area contributed by atoms with E-state index in [1.54, 1.807) is 6.92 Å². The van der Waals surface area contributed by atoms with Crippen LogP contribution in [0.25, 0.3) is 5.57 Å². The van der Waals surface area contributed by atoms with E-state index in [1.807, 2.05) is 42.5 Å². The first-order chi connectivity index (χ1) is 20.6. The number of allylic oxidation sites excluding steroid dienone is 2. The Morgan fingerprint density at radius 1 is 1.19 bits per heavy atom. The summed E-state index contributed by atoms with van der Waals surface area (Å²) < 4.78 is 48.7. The summed E-state index contributed by atoms with van der Waals surface area (Å²) in [4.78, 5) is 18.2. The fraction of sp³-hybridized carbons (Fsp3) is 0.516. The highest BCUT2D eigenvalue weighted by atomic mass is 35.5. The van der Waals surface area contributed by atoms with Crippen molar-refractivity contribution in [1.82, 2.24) is 24.5 Å². The number of benzene rings is 1. The quantitative estimate of drug-likeness (QED) is 0.219. The van der Waals surface area contributed by atoms with E-state index in [9.17, 15) is 18.0 Å². The summed E-state index contributed by atoms with van der Waals surface area (Å²) in [6.07, 6.45) is 2.39. The molecule has 0 amide bonds. The Balaban J connectivity index is 1.44. The third-order valence-corrected chi connectivity index (χ3v) is 8.94. The normalized spacial score (nSPS) is 23.8. The summed E-state index contributed by atoms with van der Waals surface area (Å²) in [6, 6.07) is 11.5. The lowest BCUT2D eigenvalue weighted by Gasteiger charge is -2.47. The van der Waals surface area contributed by atoms with Crippen molar-refractivity contribution in [3.05, 3.63) is 71.2 Å². The van der Waals surface area contributed by atoms with Gasteiger partial charge >= 0.3 is 12.1 Å². The van der Waals surface area contributed by atoms with E-state index in [0.717, 1.165) is 60.4 Å². The van der Waals surface area contributed by atoms with Crippen molar-refractivity contribution < 1.29 is 22.7 Å². The monoisotopic (exact) mass is 616 g/mol. The second kappa shape index (κ2) is 13.1. The maximum atomic E-state index is 14.3. The van der Waals surface area contributed by atoms with Gasteiger partial charge in [-0.25, -0.2) is 4.79 Å². The maximum absolute atomic E-state index is 14.3. The van der Waals surface area contributed by atoms with Crippen LogP contribution >= 0.6 is 11.6 Å². The van der Waals surface area contributed by atoms with Gasteiger partial charge in [0.15, 0.2) is 5.69 Å². The molecule has 3 aliphatic rings. The number of piperidine rings is 1. The number of piperazine rings is 1. The Kier molecular flexibility index (Phi) is 9.49. The predicted octanol–water partition coefficient (Wildman–Crippen LogP) is 5.55. The summed E-state index contributed by atoms with van der Waals surface area (Å²) in [5.74, 6) is -1.03. The molecule has 230 valence electrons. The highest BCUT2D eigenvalue weighted by Gasteiger charge is 2.44. The number of halogens is 4. The molecular weight excluding hydrogens is 581 g/mol. The molecule has 5 rings (SSSR count). The van der Waals surface area contributed by atoms with E-state index < -0.39 is 34.4 Å². The van der Waals surface area contributed by atoms with Crippen molar-refractivity contribution in [3.8, 4) is 6.07 Å². The topological polar surface area (TPSA) is 77.6 Å². The van der Waals surface area contributed by atoms with Crippen molar-refractivity contribution in [3.63, 3.8) is 0 Å². The van der Waals surface area contributed by atoms with Gasteiger partial charge in [-0.1, -0.05) is 48.0 Å². The number of likely N-dealkylation sites (tertiary alicyclic amines) is 1. The molecule has 2 atom stereocenters. The Bertz CT molecular complexity index is 1390. The van der Waals surface area contributed by atoms with Crippen LogP contribution in [0, 0.1) is 11.3 Å². The van der Waals surface area contributed by atoms with E-state index >= 15 is 0 Å². The smallest absolute Gasteiger partial charge is 0.433 e. The maximum Gasteiger partial charge on any atom is 0.433 e. The van der Waals surface area contributed by atoms with Crippen LogP contribution in [-0.4, -0.2) is 87.9 Å². The van der Waals surface area contributed by atoms with Crippen molar-refractivity contribution in [1.29, 1.82) is 5.26 Å². The molecule has 43 heavy (non-hydrogen) atoms. The number of carbonyl (C=O) groups excluding carboxylic acids is 1. The second-order valence-corrected chi connectivity index (χ2v) is 11.8. The Labute approximate surface area is 254 Å². The molecule has 2 fully saturated rings. The van der Waals surface area contributed by atoms with Gasteiger partial charge in [0.25, 0.3) is 0 Å². The lowest BCUT2D eigenvalue weighted by atomic mass is 9.90. The zero-order chi connectivity index (χ0) is 30.6. The van der Waals surface area contributed by atoms with Crippen LogP contribution in [0.2, 0.25) is 0 Å². The molecule has 0 spiro atoms. The molecule has 12 heteroatoms. The zero-order valence-electron chi connectivity index (χ0n) is 24.2. The number of hydrogen-bond acceptors (Lipinski definition) is 7. The lowest BCUT2D eigenvalue weighted by Crippen LogP contribution is -2.55. The van der Waals surface area contributed by atoms with E-state index in [4.69, 9.17) is 21.6 Å². The third kappa shape index (κ3) is 6.77. The molecule has 0 bridgehead atoms. The fourth-order valence-corrected chi connectivity index (χ4v) is 6.67. The molecule has 0 radical (unpaired) electrons. The minimum absolute atomic E-state index is 0.0302. The van der Waals surface area contributed by atoms with Crippen LogP contribution in [0.3, 0.4) is 0 Å². The van der Waals surface area contributed by atoms with Gasteiger partial charge in [0, 0.05) is 69.9 Å². The van der Waals surface area contributed by atoms with Gasteiger partial charge in [-0.2, -0.15) is 23.5 Å². The average molecular weight is 617 g/mol. The van der Waals surface area contributed by atoms with Gasteiger partial charge in [0.1, 0.15) is 10.6 Å². The molecule has 0 N–H and O–H groups in total. The first-order valence-electron chi connectivity index (χ1n) is 14.7. The van der Waals surface area contributed by atoms with Gasteiger partial charge in [-0.05, 0) is 31.4 Å². The summed E-state index contributed by atoms with van der Waals surface area (Å²) in [7, 11) is 0. The van der Waals surface area contributed by atoms with Crippen molar-refractivity contribution in [2.24, 2.45) is 0 Å². The van der Waals surface area contributed by atoms with Crippen LogP contribution in [0.15, 0.2) is 54.4 Å². The number of hydrogen-bond donors (Lipinski definition) is 0. The molecule has 3 heterocycles. The lowest BCUT2D eigenvalue weighted by molar-refractivity contribution is -0.145. The second-order valence-electron chi connectivity index (χ2n) is 11.1. The zero-order valence-corrected chi connectivity index (χ0v) is 24.9. The Hall–Kier alpha value is -3.33. The van der Waals surface area contributed by atoms with Crippen LogP contribution in [-0.2, 0) is 10.9 Å². The van der Waals surface area contributed by atoms with E-state index in [1.165, 1.54) is 0 Å². The van der Waals surface area contributed by atoms with E-state index in [2.05, 4.69) is 25.9 Å². The van der Waals surface area contributed by atoms with Crippen LogP contribution < -0.4 is 0 Å². The van der Waals surface area contributed by atoms with E-state index in [0.29, 0.717) is 38.8 Å². The molecule has 2 aromatic rings. The van der Waals surface area contributed by atoms with Crippen LogP contribution in [0.5, 0.6) is 0 Å². The van der Waals surface area contributed by atoms with Crippen molar-refractivity contribution >= 4 is 23.1 Å². The molecule has 8 nitrogen and oxygen atoms in total. The summed E-state index contributed by atoms with van der Waals surface area (Å²) in [6.45, 7) is 6.32. The summed E-state index contributed by atoms with van der Waals surface area (Å²) >= 11 is 7.37. The Morgan fingerprint density at radius 3 is 2.60 bits per heavy atom. The van der Waals surface area contributed by atoms with Gasteiger partial charge in [0.2, 0.25) is 0 Å². The number of nitrogens with zero attached hydrogens (tertiary/aromatic N) is 6. The molecule has 2 unspecified atom stereocenters. The molecule has 0 saturated carbocycles. The molecule has 2 aliphatic heterocycles. The minimum Gasteiger partial charge on any atom is -0.462 e. The van der Waals surface area contributed by atoms with Crippen LogP contribution in [0.1, 0.15) is 60.3 Å². The molecule has 1 aliphatic carbocycles. The predicted molar refractivity (Wildman–Crippen MR) is 157 cm³/mol. The first kappa shape index (κ1) is 31.1. The first-order valence-corrected chi connectivity index (χ1v) is 15.1. The molecular formula is C31H36ClF3N6O2. The number of esters is 1. The van der Waals surface area contributed by atoms with Gasteiger partial charge in [-0.3, -0.25) is 14.5 Å². The van der Waals surface area contributed by atoms with Crippen molar-refractivity contribution in [2.45, 2.75) is 49.8 Å². The standard InChI is InChI=1S/C31H36ClF3N6O2/c1-2-43-29(42)26-21-37-41(28(26)31(33,34)35)24-10-6-15-39(22-24)27-20-30(32,12-11-25(27)23-8-4-3-5-9-23)40-18-16-38(17-19-40)14-7-13-36/h3-5,8-9,11-12,21,24H,2,6-7,10,14-20,22H2,1H3. The molecule has 1 aromatic carbocycles. The molecule has 1 aromatic heterocycles. The highest BCUT2D eigenvalue weighted by Crippen LogP contribution is 2.43. The number of aromatic nitrogens is 2. The number of rotatable bonds is 8. The Morgan fingerprint density at radius 2 is 1.93 bits per heavy atom. The number of nitriles is 1. The summed E-state index contributed by atoms with van der Waals surface area (Å²) in [5, 5.41) is 13.0.